The van der Waals surface area contributed by atoms with E-state index in [9.17, 15) is 4.79 Å². The van der Waals surface area contributed by atoms with E-state index in [1.165, 1.54) is 19.3 Å². The number of hydrogen-bond donors (Lipinski definition) is 1. The zero-order chi connectivity index (χ0) is 15.3. The zero-order valence-electron chi connectivity index (χ0n) is 13.2. The topological polar surface area (TPSA) is 59.2 Å². The lowest BCUT2D eigenvalue weighted by molar-refractivity contribution is -0.134. The Bertz CT molecular complexity index is 454. The normalized spacial score (nSPS) is 19.0. The van der Waals surface area contributed by atoms with Gasteiger partial charge in [-0.3, -0.25) is 9.78 Å². The van der Waals surface area contributed by atoms with E-state index in [2.05, 4.69) is 11.9 Å². The Morgan fingerprint density at radius 1 is 1.33 bits per heavy atom. The molecule has 2 N–H and O–H groups in total. The van der Waals surface area contributed by atoms with Crippen LogP contribution in [0, 0.1) is 5.41 Å². The molecule has 21 heavy (non-hydrogen) atoms. The molecule has 4 heteroatoms. The number of nitrogens with zero attached hydrogens (tertiary/aromatic N) is 2. The maximum atomic E-state index is 12.6. The lowest BCUT2D eigenvalue weighted by atomic mass is 9.71. The van der Waals surface area contributed by atoms with Crippen LogP contribution in [0.2, 0.25) is 0 Å². The molecule has 0 radical (unpaired) electrons. The number of rotatable bonds is 5. The van der Waals surface area contributed by atoms with Crippen molar-refractivity contribution in [1.29, 1.82) is 0 Å². The monoisotopic (exact) mass is 289 g/mol. The number of nitrogens with two attached hydrogens (primary N) is 1. The van der Waals surface area contributed by atoms with Gasteiger partial charge in [-0.1, -0.05) is 19.3 Å². The van der Waals surface area contributed by atoms with Gasteiger partial charge in [0.25, 0.3) is 0 Å². The Kier molecular flexibility index (Phi) is 5.34. The summed E-state index contributed by atoms with van der Waals surface area (Å²) >= 11 is 0. The first-order valence-electron chi connectivity index (χ1n) is 7.94. The van der Waals surface area contributed by atoms with Gasteiger partial charge in [-0.15, -0.1) is 0 Å². The molecule has 1 atom stereocenters. The summed E-state index contributed by atoms with van der Waals surface area (Å²) in [5, 5.41) is 0. The summed E-state index contributed by atoms with van der Waals surface area (Å²) in [5.74, 6) is 0.201. The van der Waals surface area contributed by atoms with Gasteiger partial charge in [0.2, 0.25) is 5.91 Å². The molecular formula is C17H27N3O. The van der Waals surface area contributed by atoms with Crippen molar-refractivity contribution >= 4 is 5.91 Å². The van der Waals surface area contributed by atoms with Gasteiger partial charge in [0.1, 0.15) is 0 Å². The SMILES string of the molecule is CC(c1ccncc1)N(C)C(=O)CC1(CN)CCCCC1. The minimum Gasteiger partial charge on any atom is -0.339 e. The third-order valence-electron chi connectivity index (χ3n) is 5.04. The maximum absolute atomic E-state index is 12.6. The molecule has 1 fully saturated rings. The second-order valence-electron chi connectivity index (χ2n) is 6.40. The van der Waals surface area contributed by atoms with E-state index in [4.69, 9.17) is 5.73 Å². The Balaban J connectivity index is 2.01. The first kappa shape index (κ1) is 16.0. The van der Waals surface area contributed by atoms with E-state index in [1.54, 1.807) is 12.4 Å². The fourth-order valence-corrected chi connectivity index (χ4v) is 3.28. The van der Waals surface area contributed by atoms with Crippen molar-refractivity contribution in [2.45, 2.75) is 51.5 Å². The molecule has 4 nitrogen and oxygen atoms in total. The third kappa shape index (κ3) is 3.82. The summed E-state index contributed by atoms with van der Waals surface area (Å²) in [5.41, 5.74) is 7.14. The van der Waals surface area contributed by atoms with Crippen molar-refractivity contribution in [2.24, 2.45) is 11.1 Å². The highest BCUT2D eigenvalue weighted by Gasteiger charge is 2.34. The molecule has 0 aromatic carbocycles. The van der Waals surface area contributed by atoms with Gasteiger partial charge < -0.3 is 10.6 Å². The number of carbonyl (C=O) groups is 1. The van der Waals surface area contributed by atoms with E-state index in [-0.39, 0.29) is 17.4 Å². The molecule has 1 aromatic heterocycles. The van der Waals surface area contributed by atoms with Gasteiger partial charge in [0.05, 0.1) is 6.04 Å². The number of amides is 1. The van der Waals surface area contributed by atoms with Gasteiger partial charge in [-0.25, -0.2) is 0 Å². The largest absolute Gasteiger partial charge is 0.339 e. The Labute approximate surface area is 127 Å². The van der Waals surface area contributed by atoms with Crippen LogP contribution < -0.4 is 5.73 Å². The van der Waals surface area contributed by atoms with Gasteiger partial charge in [0.15, 0.2) is 0 Å². The van der Waals surface area contributed by atoms with Crippen LogP contribution in [0.3, 0.4) is 0 Å². The standard InChI is InChI=1S/C17H27N3O/c1-14(15-6-10-19-11-7-15)20(2)16(21)12-17(13-18)8-4-3-5-9-17/h6-7,10-11,14H,3-5,8-9,12-13,18H2,1-2H3. The first-order chi connectivity index (χ1) is 10.1. The molecule has 1 aliphatic carbocycles. The third-order valence-corrected chi connectivity index (χ3v) is 5.04. The molecule has 0 spiro atoms. The summed E-state index contributed by atoms with van der Waals surface area (Å²) in [6.07, 6.45) is 9.98. The minimum absolute atomic E-state index is 0.0293. The lowest BCUT2D eigenvalue weighted by Crippen LogP contribution is -2.40. The van der Waals surface area contributed by atoms with Crippen molar-refractivity contribution in [1.82, 2.24) is 9.88 Å². The fraction of sp³-hybridized carbons (Fsp3) is 0.647. The van der Waals surface area contributed by atoms with E-state index >= 15 is 0 Å². The molecule has 116 valence electrons. The van der Waals surface area contributed by atoms with Gasteiger partial charge in [-0.2, -0.15) is 0 Å². The summed E-state index contributed by atoms with van der Waals surface area (Å²) in [4.78, 5) is 18.5. The van der Waals surface area contributed by atoms with Crippen molar-refractivity contribution in [3.63, 3.8) is 0 Å². The fourth-order valence-electron chi connectivity index (χ4n) is 3.28. The molecule has 2 rings (SSSR count). The molecule has 0 saturated heterocycles. The van der Waals surface area contributed by atoms with E-state index in [0.29, 0.717) is 13.0 Å². The molecule has 1 amide bonds. The number of hydrogen-bond acceptors (Lipinski definition) is 3. The highest BCUT2D eigenvalue weighted by molar-refractivity contribution is 5.77. The second-order valence-corrected chi connectivity index (χ2v) is 6.40. The predicted octanol–water partition coefficient (Wildman–Crippen LogP) is 2.90. The Morgan fingerprint density at radius 2 is 1.95 bits per heavy atom. The highest BCUT2D eigenvalue weighted by Crippen LogP contribution is 2.39. The maximum Gasteiger partial charge on any atom is 0.223 e. The van der Waals surface area contributed by atoms with E-state index < -0.39 is 0 Å². The first-order valence-corrected chi connectivity index (χ1v) is 7.94. The van der Waals surface area contributed by atoms with Gasteiger partial charge in [0, 0.05) is 25.9 Å². The molecule has 1 heterocycles. The minimum atomic E-state index is 0.0293. The average Bonchev–Trinajstić information content (AvgIpc) is 2.55. The number of carbonyl (C=O) groups excluding carboxylic acids is 1. The van der Waals surface area contributed by atoms with E-state index in [1.807, 2.05) is 24.1 Å². The van der Waals surface area contributed by atoms with Crippen molar-refractivity contribution in [3.8, 4) is 0 Å². The van der Waals surface area contributed by atoms with Gasteiger partial charge in [-0.05, 0) is 49.4 Å². The van der Waals surface area contributed by atoms with Crippen LogP contribution >= 0.6 is 0 Å². The van der Waals surface area contributed by atoms with Crippen molar-refractivity contribution in [2.75, 3.05) is 13.6 Å². The molecule has 0 bridgehead atoms. The molecule has 1 aromatic rings. The second kappa shape index (κ2) is 7.03. The van der Waals surface area contributed by atoms with Crippen LogP contribution in [0.5, 0.6) is 0 Å². The summed E-state index contributed by atoms with van der Waals surface area (Å²) in [7, 11) is 1.89. The molecule has 0 aliphatic heterocycles. The van der Waals surface area contributed by atoms with Crippen molar-refractivity contribution in [3.05, 3.63) is 30.1 Å². The van der Waals surface area contributed by atoms with E-state index in [0.717, 1.165) is 18.4 Å². The van der Waals surface area contributed by atoms with Crippen LogP contribution in [0.1, 0.15) is 57.1 Å². The smallest absolute Gasteiger partial charge is 0.223 e. The Morgan fingerprint density at radius 3 is 2.52 bits per heavy atom. The zero-order valence-corrected chi connectivity index (χ0v) is 13.2. The van der Waals surface area contributed by atoms with Gasteiger partial charge >= 0.3 is 0 Å². The van der Waals surface area contributed by atoms with Crippen LogP contribution in [0.25, 0.3) is 0 Å². The van der Waals surface area contributed by atoms with Crippen LogP contribution in [-0.2, 0) is 4.79 Å². The predicted molar refractivity (Wildman–Crippen MR) is 84.6 cm³/mol. The molecular weight excluding hydrogens is 262 g/mol. The summed E-state index contributed by atoms with van der Waals surface area (Å²) < 4.78 is 0. The summed E-state index contributed by atoms with van der Waals surface area (Å²) in [6.45, 7) is 2.68. The number of pyridine rings is 1. The molecule has 1 aliphatic rings. The molecule has 1 unspecified atom stereocenters. The summed E-state index contributed by atoms with van der Waals surface area (Å²) in [6, 6.07) is 4.00. The van der Waals surface area contributed by atoms with Crippen LogP contribution in [0.15, 0.2) is 24.5 Å². The van der Waals surface area contributed by atoms with Crippen LogP contribution in [0.4, 0.5) is 0 Å². The lowest BCUT2D eigenvalue weighted by Gasteiger charge is -2.37. The quantitative estimate of drug-likeness (QED) is 0.906. The average molecular weight is 289 g/mol. The van der Waals surface area contributed by atoms with Crippen molar-refractivity contribution < 1.29 is 4.79 Å². The Hall–Kier alpha value is -1.42. The number of aromatic nitrogens is 1. The molecule has 1 saturated carbocycles. The van der Waals surface area contributed by atoms with Crippen LogP contribution in [-0.4, -0.2) is 29.4 Å². The highest BCUT2D eigenvalue weighted by atomic mass is 16.2.